The lowest BCUT2D eigenvalue weighted by Crippen LogP contribution is -1.52. The van der Waals surface area contributed by atoms with Crippen LogP contribution in [0.3, 0.4) is 0 Å². The molecule has 0 heterocycles. The second kappa shape index (κ2) is 11.4. The maximum atomic E-state index is 2.00. The molecule has 0 N–H and O–H groups in total. The fourth-order valence-electron chi connectivity index (χ4n) is 0.735. The lowest BCUT2D eigenvalue weighted by atomic mass is 10.3. The minimum atomic E-state index is 2.00. The number of rotatable bonds is 5. The molecule has 0 fully saturated rings. The Morgan fingerprint density at radius 3 is 0.786 bits per heavy atom. The van der Waals surface area contributed by atoms with E-state index >= 15 is 0 Å². The molecule has 0 aromatic carbocycles. The molecular formula is C14H18. The topological polar surface area (TPSA) is 0 Å². The van der Waals surface area contributed by atoms with Crippen molar-refractivity contribution >= 4 is 0 Å². The van der Waals surface area contributed by atoms with Crippen molar-refractivity contribution in [1.29, 1.82) is 0 Å². The van der Waals surface area contributed by atoms with Gasteiger partial charge in [-0.05, 0) is 13.8 Å². The third-order valence-electron chi connectivity index (χ3n) is 1.38. The average Bonchev–Trinajstić information content (AvgIpc) is 2.21. The van der Waals surface area contributed by atoms with Gasteiger partial charge in [0.1, 0.15) is 0 Å². The van der Waals surface area contributed by atoms with Gasteiger partial charge in [0.2, 0.25) is 0 Å². The zero-order valence-electron chi connectivity index (χ0n) is 8.93. The molecule has 0 aliphatic heterocycles. The van der Waals surface area contributed by atoms with Gasteiger partial charge in [-0.25, -0.2) is 0 Å². The van der Waals surface area contributed by atoms with Crippen LogP contribution in [0.4, 0.5) is 0 Å². The molecule has 0 rings (SSSR count). The molecule has 0 unspecified atom stereocenters. The van der Waals surface area contributed by atoms with E-state index in [9.17, 15) is 0 Å². The van der Waals surface area contributed by atoms with Crippen LogP contribution >= 0.6 is 0 Å². The Kier molecular flexibility index (Phi) is 10.2. The molecule has 0 radical (unpaired) electrons. The molecule has 0 spiro atoms. The minimum absolute atomic E-state index is 2.00. The molecule has 74 valence electrons. The predicted molar refractivity (Wildman–Crippen MR) is 66.2 cm³/mol. The van der Waals surface area contributed by atoms with E-state index in [4.69, 9.17) is 0 Å². The second-order valence-corrected chi connectivity index (χ2v) is 2.59. The van der Waals surface area contributed by atoms with Crippen LogP contribution in [-0.2, 0) is 0 Å². The Bertz CT molecular complexity index is 240. The molecule has 14 heavy (non-hydrogen) atoms. The van der Waals surface area contributed by atoms with E-state index in [2.05, 4.69) is 0 Å². The molecule has 0 saturated heterocycles. The maximum absolute atomic E-state index is 2.00. The second-order valence-electron chi connectivity index (χ2n) is 2.59. The van der Waals surface area contributed by atoms with Gasteiger partial charge in [0.05, 0.1) is 0 Å². The Hall–Kier alpha value is -1.56. The highest BCUT2D eigenvalue weighted by Crippen LogP contribution is 1.84. The molecule has 0 atom stereocenters. The molecule has 0 aliphatic rings. The van der Waals surface area contributed by atoms with E-state index in [1.54, 1.807) is 0 Å². The summed E-state index contributed by atoms with van der Waals surface area (Å²) in [5, 5.41) is 0. The van der Waals surface area contributed by atoms with Crippen LogP contribution < -0.4 is 0 Å². The predicted octanol–water partition coefficient (Wildman–Crippen LogP) is 4.36. The summed E-state index contributed by atoms with van der Waals surface area (Å²) in [7, 11) is 0. The number of hydrogen-bond acceptors (Lipinski definition) is 0. The normalized spacial score (nSPS) is 14.1. The van der Waals surface area contributed by atoms with E-state index in [0.717, 1.165) is 0 Å². The van der Waals surface area contributed by atoms with Crippen LogP contribution in [0.1, 0.15) is 13.8 Å². The van der Waals surface area contributed by atoms with Gasteiger partial charge in [-0.3, -0.25) is 0 Å². The van der Waals surface area contributed by atoms with Crippen LogP contribution in [0.2, 0.25) is 0 Å². The van der Waals surface area contributed by atoms with Crippen LogP contribution in [0.5, 0.6) is 0 Å². The Morgan fingerprint density at radius 2 is 0.571 bits per heavy atom. The van der Waals surface area contributed by atoms with Crippen molar-refractivity contribution in [3.8, 4) is 0 Å². The van der Waals surface area contributed by atoms with Gasteiger partial charge < -0.3 is 0 Å². The first kappa shape index (κ1) is 12.4. The quantitative estimate of drug-likeness (QED) is 0.559. The highest BCUT2D eigenvalue weighted by Gasteiger charge is 1.62. The van der Waals surface area contributed by atoms with E-state index in [1.807, 2.05) is 86.8 Å². The van der Waals surface area contributed by atoms with Gasteiger partial charge in [-0.1, -0.05) is 72.9 Å². The van der Waals surface area contributed by atoms with Crippen molar-refractivity contribution in [2.45, 2.75) is 13.8 Å². The molecule has 0 heteroatoms. The maximum Gasteiger partial charge on any atom is -0.0467 e. The van der Waals surface area contributed by atoms with Gasteiger partial charge in [-0.2, -0.15) is 0 Å². The first-order valence-corrected chi connectivity index (χ1v) is 4.82. The van der Waals surface area contributed by atoms with Crippen molar-refractivity contribution in [3.05, 3.63) is 72.9 Å². The summed E-state index contributed by atoms with van der Waals surface area (Å²) in [6.07, 6.45) is 24.0. The van der Waals surface area contributed by atoms with Crippen molar-refractivity contribution in [1.82, 2.24) is 0 Å². The van der Waals surface area contributed by atoms with Crippen molar-refractivity contribution in [2.75, 3.05) is 0 Å². The SMILES string of the molecule is CC=CC=CC=CC=CC=CC=CC. The van der Waals surface area contributed by atoms with Crippen molar-refractivity contribution in [2.24, 2.45) is 0 Å². The highest BCUT2D eigenvalue weighted by atomic mass is 13.7. The third kappa shape index (κ3) is 10.4. The first-order chi connectivity index (χ1) is 6.91. The average molecular weight is 186 g/mol. The monoisotopic (exact) mass is 186 g/mol. The summed E-state index contributed by atoms with van der Waals surface area (Å²) in [5.74, 6) is 0. The summed E-state index contributed by atoms with van der Waals surface area (Å²) >= 11 is 0. The van der Waals surface area contributed by atoms with Crippen LogP contribution in [0.25, 0.3) is 0 Å². The van der Waals surface area contributed by atoms with Gasteiger partial charge in [0.15, 0.2) is 0 Å². The summed E-state index contributed by atoms with van der Waals surface area (Å²) < 4.78 is 0. The summed E-state index contributed by atoms with van der Waals surface area (Å²) in [6, 6.07) is 0. The van der Waals surface area contributed by atoms with Crippen molar-refractivity contribution < 1.29 is 0 Å². The van der Waals surface area contributed by atoms with Gasteiger partial charge >= 0.3 is 0 Å². The molecule has 0 aromatic rings. The molecule has 0 aliphatic carbocycles. The van der Waals surface area contributed by atoms with Gasteiger partial charge in [0.25, 0.3) is 0 Å². The zero-order chi connectivity index (χ0) is 10.5. The van der Waals surface area contributed by atoms with E-state index in [0.29, 0.717) is 0 Å². The van der Waals surface area contributed by atoms with Crippen molar-refractivity contribution in [3.63, 3.8) is 0 Å². The molecule has 0 amide bonds. The fraction of sp³-hybridized carbons (Fsp3) is 0.143. The van der Waals surface area contributed by atoms with E-state index in [1.165, 1.54) is 0 Å². The standard InChI is InChI=1S/C14H18/c1-3-5-7-9-11-13-14-12-10-8-6-4-2/h3-14H,1-2H3. The Morgan fingerprint density at radius 1 is 0.357 bits per heavy atom. The summed E-state index contributed by atoms with van der Waals surface area (Å²) in [6.45, 7) is 4.00. The smallest absolute Gasteiger partial charge is 0.0467 e. The van der Waals surface area contributed by atoms with E-state index in [-0.39, 0.29) is 0 Å². The Labute approximate surface area is 87.3 Å². The lowest BCUT2D eigenvalue weighted by Gasteiger charge is -1.73. The largest absolute Gasteiger partial charge is 0.0877 e. The highest BCUT2D eigenvalue weighted by molar-refractivity contribution is 5.19. The van der Waals surface area contributed by atoms with Gasteiger partial charge in [-0.15, -0.1) is 0 Å². The fourth-order valence-corrected chi connectivity index (χ4v) is 0.735. The molecular weight excluding hydrogens is 168 g/mol. The van der Waals surface area contributed by atoms with E-state index < -0.39 is 0 Å². The molecule has 0 saturated carbocycles. The molecule has 0 nitrogen and oxygen atoms in total. The third-order valence-corrected chi connectivity index (χ3v) is 1.38. The Balaban J connectivity index is 3.70. The summed E-state index contributed by atoms with van der Waals surface area (Å²) in [4.78, 5) is 0. The first-order valence-electron chi connectivity index (χ1n) is 4.82. The van der Waals surface area contributed by atoms with Crippen LogP contribution in [0.15, 0.2) is 72.9 Å². The molecule has 0 aromatic heterocycles. The molecule has 0 bridgehead atoms. The minimum Gasteiger partial charge on any atom is -0.0877 e. The van der Waals surface area contributed by atoms with Crippen LogP contribution in [-0.4, -0.2) is 0 Å². The lowest BCUT2D eigenvalue weighted by molar-refractivity contribution is 1.72. The van der Waals surface area contributed by atoms with Gasteiger partial charge in [0, 0.05) is 0 Å². The zero-order valence-corrected chi connectivity index (χ0v) is 8.93. The number of allylic oxidation sites excluding steroid dienone is 12. The van der Waals surface area contributed by atoms with Crippen LogP contribution in [0, 0.1) is 0 Å². The number of hydrogen-bond donors (Lipinski definition) is 0. The summed E-state index contributed by atoms with van der Waals surface area (Å²) in [5.41, 5.74) is 0.